The SMILES string of the molecule is CC(C)C1CN(C(C)C(C(N)=O)c2ccc(Cl)cc2)CCN1C(=O)C(Cc1ccc(F)cc1)NC(=O)C1CCCN1. The summed E-state index contributed by atoms with van der Waals surface area (Å²) in [4.78, 5) is 43.9. The van der Waals surface area contributed by atoms with Crippen molar-refractivity contribution in [2.24, 2.45) is 11.7 Å². The van der Waals surface area contributed by atoms with Crippen molar-refractivity contribution in [3.63, 3.8) is 0 Å². The van der Waals surface area contributed by atoms with E-state index in [-0.39, 0.29) is 48.1 Å². The highest BCUT2D eigenvalue weighted by Gasteiger charge is 2.40. The minimum Gasteiger partial charge on any atom is -0.369 e. The standard InChI is InChI=1S/C31H41ClFN5O3/c1-19(2)27-18-37(20(3)28(29(34)39)22-8-10-23(32)11-9-22)15-16-38(27)31(41)26(17-21-6-12-24(33)13-7-21)36-30(40)25-5-4-14-35-25/h6-13,19-20,25-28,35H,4-5,14-18H2,1-3H3,(H2,34,39)(H,36,40). The van der Waals surface area contributed by atoms with Crippen molar-refractivity contribution in [2.75, 3.05) is 26.2 Å². The maximum absolute atomic E-state index is 14.1. The van der Waals surface area contributed by atoms with Crippen LogP contribution in [0.2, 0.25) is 5.02 Å². The van der Waals surface area contributed by atoms with Crippen LogP contribution in [0.4, 0.5) is 4.39 Å². The molecule has 4 N–H and O–H groups in total. The van der Waals surface area contributed by atoms with Crippen LogP contribution in [0, 0.1) is 11.7 Å². The van der Waals surface area contributed by atoms with Crippen LogP contribution < -0.4 is 16.4 Å². The Morgan fingerprint density at radius 1 is 1.07 bits per heavy atom. The monoisotopic (exact) mass is 585 g/mol. The molecule has 41 heavy (non-hydrogen) atoms. The molecule has 0 bridgehead atoms. The van der Waals surface area contributed by atoms with E-state index in [1.165, 1.54) is 12.1 Å². The van der Waals surface area contributed by atoms with E-state index in [0.717, 1.165) is 30.5 Å². The number of halogens is 2. The van der Waals surface area contributed by atoms with E-state index < -0.39 is 17.9 Å². The number of hydrogen-bond acceptors (Lipinski definition) is 5. The predicted molar refractivity (Wildman–Crippen MR) is 158 cm³/mol. The van der Waals surface area contributed by atoms with Crippen LogP contribution in [0.25, 0.3) is 0 Å². The van der Waals surface area contributed by atoms with Crippen molar-refractivity contribution < 1.29 is 18.8 Å². The van der Waals surface area contributed by atoms with Crippen molar-refractivity contribution in [1.29, 1.82) is 0 Å². The lowest BCUT2D eigenvalue weighted by Crippen LogP contribution is -2.63. The highest BCUT2D eigenvalue weighted by Crippen LogP contribution is 2.28. The van der Waals surface area contributed by atoms with Gasteiger partial charge in [0.05, 0.1) is 12.0 Å². The molecule has 222 valence electrons. The largest absolute Gasteiger partial charge is 0.369 e. The quantitative estimate of drug-likeness (QED) is 0.397. The van der Waals surface area contributed by atoms with Gasteiger partial charge >= 0.3 is 0 Å². The fourth-order valence-corrected chi connectivity index (χ4v) is 6.17. The first-order valence-corrected chi connectivity index (χ1v) is 14.8. The first-order valence-electron chi connectivity index (χ1n) is 14.4. The predicted octanol–water partition coefficient (Wildman–Crippen LogP) is 3.08. The summed E-state index contributed by atoms with van der Waals surface area (Å²) < 4.78 is 13.6. The minimum absolute atomic E-state index is 0.121. The number of benzene rings is 2. The van der Waals surface area contributed by atoms with Gasteiger partial charge in [-0.05, 0) is 67.6 Å². The summed E-state index contributed by atoms with van der Waals surface area (Å²) in [6.45, 7) is 8.45. The van der Waals surface area contributed by atoms with Gasteiger partial charge in [-0.1, -0.05) is 49.7 Å². The third-order valence-corrected chi connectivity index (χ3v) is 8.69. The zero-order chi connectivity index (χ0) is 29.7. The number of hydrogen-bond donors (Lipinski definition) is 3. The average molecular weight is 586 g/mol. The van der Waals surface area contributed by atoms with Crippen molar-refractivity contribution >= 4 is 29.3 Å². The first-order chi connectivity index (χ1) is 19.5. The molecule has 8 nitrogen and oxygen atoms in total. The molecule has 0 aliphatic carbocycles. The molecule has 2 aliphatic heterocycles. The number of amides is 3. The Morgan fingerprint density at radius 3 is 2.34 bits per heavy atom. The average Bonchev–Trinajstić information content (AvgIpc) is 3.49. The van der Waals surface area contributed by atoms with Gasteiger partial charge in [-0.2, -0.15) is 0 Å². The Bertz CT molecular complexity index is 1200. The maximum Gasteiger partial charge on any atom is 0.245 e. The number of carbonyl (C=O) groups excluding carboxylic acids is 3. The lowest BCUT2D eigenvalue weighted by atomic mass is 9.88. The molecule has 5 atom stereocenters. The fraction of sp³-hybridized carbons (Fsp3) is 0.516. The summed E-state index contributed by atoms with van der Waals surface area (Å²) >= 11 is 6.07. The molecule has 0 aromatic heterocycles. The van der Waals surface area contributed by atoms with E-state index in [0.29, 0.717) is 24.7 Å². The lowest BCUT2D eigenvalue weighted by Gasteiger charge is -2.47. The molecule has 2 fully saturated rings. The van der Waals surface area contributed by atoms with E-state index in [1.54, 1.807) is 24.3 Å². The van der Waals surface area contributed by atoms with Crippen LogP contribution in [0.1, 0.15) is 50.7 Å². The van der Waals surface area contributed by atoms with Gasteiger partial charge in [0.2, 0.25) is 17.7 Å². The van der Waals surface area contributed by atoms with Gasteiger partial charge in [-0.15, -0.1) is 0 Å². The molecular formula is C31H41ClFN5O3. The molecule has 0 spiro atoms. The molecule has 0 saturated carbocycles. The van der Waals surface area contributed by atoms with Crippen LogP contribution in [0.15, 0.2) is 48.5 Å². The van der Waals surface area contributed by atoms with Gasteiger partial charge in [-0.25, -0.2) is 4.39 Å². The Balaban J connectivity index is 1.53. The van der Waals surface area contributed by atoms with Crippen molar-refractivity contribution in [3.8, 4) is 0 Å². The van der Waals surface area contributed by atoms with Crippen LogP contribution in [-0.2, 0) is 20.8 Å². The van der Waals surface area contributed by atoms with Gasteiger partial charge in [0, 0.05) is 43.2 Å². The van der Waals surface area contributed by atoms with E-state index >= 15 is 0 Å². The summed E-state index contributed by atoms with van der Waals surface area (Å²) in [5.41, 5.74) is 7.44. The number of piperazine rings is 1. The summed E-state index contributed by atoms with van der Waals surface area (Å²) in [6, 6.07) is 11.7. The van der Waals surface area contributed by atoms with Crippen LogP contribution in [0.3, 0.4) is 0 Å². The van der Waals surface area contributed by atoms with Crippen molar-refractivity contribution in [1.82, 2.24) is 20.4 Å². The summed E-state index contributed by atoms with van der Waals surface area (Å²) in [5.74, 6) is -1.53. The van der Waals surface area contributed by atoms with Crippen LogP contribution >= 0.6 is 11.6 Å². The molecular weight excluding hydrogens is 545 g/mol. The second-order valence-electron chi connectivity index (χ2n) is 11.6. The molecule has 2 heterocycles. The molecule has 2 aromatic carbocycles. The highest BCUT2D eigenvalue weighted by molar-refractivity contribution is 6.30. The Hall–Kier alpha value is -3.01. The van der Waals surface area contributed by atoms with Gasteiger partial charge < -0.3 is 21.3 Å². The van der Waals surface area contributed by atoms with E-state index in [9.17, 15) is 18.8 Å². The maximum atomic E-state index is 14.1. The molecule has 3 amide bonds. The highest BCUT2D eigenvalue weighted by atomic mass is 35.5. The first kappa shape index (κ1) is 30.9. The molecule has 5 unspecified atom stereocenters. The van der Waals surface area contributed by atoms with Gasteiger partial charge in [0.15, 0.2) is 0 Å². The lowest BCUT2D eigenvalue weighted by molar-refractivity contribution is -0.143. The van der Waals surface area contributed by atoms with E-state index in [4.69, 9.17) is 17.3 Å². The normalized spacial score (nSPS) is 21.9. The Morgan fingerprint density at radius 2 is 1.76 bits per heavy atom. The number of nitrogens with one attached hydrogen (secondary N) is 2. The molecule has 2 aromatic rings. The molecule has 10 heteroatoms. The Kier molecular flexibility index (Phi) is 10.4. The number of nitrogens with zero attached hydrogens (tertiary/aromatic N) is 2. The number of nitrogens with two attached hydrogens (primary N) is 1. The Labute approximate surface area is 246 Å². The number of rotatable bonds is 10. The van der Waals surface area contributed by atoms with Gasteiger partial charge in [0.25, 0.3) is 0 Å². The summed E-state index contributed by atoms with van der Waals surface area (Å²) in [6.07, 6.45) is 1.90. The van der Waals surface area contributed by atoms with E-state index in [2.05, 4.69) is 29.4 Å². The van der Waals surface area contributed by atoms with Crippen molar-refractivity contribution in [2.45, 2.75) is 70.1 Å². The topological polar surface area (TPSA) is 108 Å². The van der Waals surface area contributed by atoms with Crippen molar-refractivity contribution in [3.05, 3.63) is 70.5 Å². The van der Waals surface area contributed by atoms with Gasteiger partial charge in [0.1, 0.15) is 11.9 Å². The molecule has 2 aliphatic rings. The third kappa shape index (κ3) is 7.64. The third-order valence-electron chi connectivity index (χ3n) is 8.44. The molecule has 2 saturated heterocycles. The zero-order valence-corrected chi connectivity index (χ0v) is 24.7. The zero-order valence-electron chi connectivity index (χ0n) is 24.0. The van der Waals surface area contributed by atoms with Crippen LogP contribution in [-0.4, -0.2) is 77.9 Å². The molecule has 4 rings (SSSR count). The minimum atomic E-state index is -0.784. The summed E-state index contributed by atoms with van der Waals surface area (Å²) in [7, 11) is 0. The van der Waals surface area contributed by atoms with Crippen LogP contribution in [0.5, 0.6) is 0 Å². The second-order valence-corrected chi connectivity index (χ2v) is 12.0. The second kappa shape index (κ2) is 13.8. The van der Waals surface area contributed by atoms with Gasteiger partial charge in [-0.3, -0.25) is 19.3 Å². The number of primary amides is 1. The number of carbonyl (C=O) groups is 3. The summed E-state index contributed by atoms with van der Waals surface area (Å²) in [5, 5.41) is 6.78. The smallest absolute Gasteiger partial charge is 0.245 e. The molecule has 0 radical (unpaired) electrons. The fourth-order valence-electron chi connectivity index (χ4n) is 6.04. The van der Waals surface area contributed by atoms with E-state index in [1.807, 2.05) is 24.0 Å².